The predicted octanol–water partition coefficient (Wildman–Crippen LogP) is 7.78. The van der Waals surface area contributed by atoms with E-state index in [9.17, 15) is 18.0 Å². The van der Waals surface area contributed by atoms with Crippen molar-refractivity contribution in [2.75, 3.05) is 23.7 Å². The zero-order valence-corrected chi connectivity index (χ0v) is 30.7. The van der Waals surface area contributed by atoms with Crippen molar-refractivity contribution in [2.24, 2.45) is 17.8 Å². The molecule has 0 saturated heterocycles. The summed E-state index contributed by atoms with van der Waals surface area (Å²) in [7, 11) is -3.88. The number of unbranched alkanes of at least 4 members (excludes halogenated alkanes) is 1. The first-order valence-electron chi connectivity index (χ1n) is 17.6. The summed E-state index contributed by atoms with van der Waals surface area (Å²) < 4.78 is 27.9. The van der Waals surface area contributed by atoms with Crippen molar-refractivity contribution in [1.82, 2.24) is 10.2 Å². The summed E-state index contributed by atoms with van der Waals surface area (Å²) in [6, 6.07) is 21.5. The maximum absolute atomic E-state index is 14.5. The molecule has 4 aliphatic carbocycles. The maximum Gasteiger partial charge on any atom is 0.244 e. The van der Waals surface area contributed by atoms with Gasteiger partial charge in [0.1, 0.15) is 12.6 Å². The van der Waals surface area contributed by atoms with Gasteiger partial charge in [-0.1, -0.05) is 85.1 Å². The number of nitrogens with one attached hydrogen (secondary N) is 1. The number of anilines is 1. The van der Waals surface area contributed by atoms with Gasteiger partial charge in [0.2, 0.25) is 21.8 Å². The lowest BCUT2D eigenvalue weighted by Gasteiger charge is -2.57. The zero-order chi connectivity index (χ0) is 34.8. The van der Waals surface area contributed by atoms with Gasteiger partial charge in [0.25, 0.3) is 0 Å². The van der Waals surface area contributed by atoms with Gasteiger partial charge in [-0.25, -0.2) is 8.42 Å². The third-order valence-electron chi connectivity index (χ3n) is 11.0. The molecule has 7 nitrogen and oxygen atoms in total. The Kier molecular flexibility index (Phi) is 11.0. The smallest absolute Gasteiger partial charge is 0.244 e. The van der Waals surface area contributed by atoms with Crippen LogP contribution in [0.1, 0.15) is 75.0 Å². The molecular formula is C39H47Cl2N3O4S. The minimum atomic E-state index is -3.88. The second-order valence-corrected chi connectivity index (χ2v) is 17.3. The Labute approximate surface area is 301 Å². The van der Waals surface area contributed by atoms with Crippen LogP contribution in [0.4, 0.5) is 5.69 Å². The van der Waals surface area contributed by atoms with Crippen LogP contribution in [0.2, 0.25) is 10.0 Å². The number of nitrogens with zero attached hydrogens (tertiary/aromatic N) is 2. The van der Waals surface area contributed by atoms with Crippen molar-refractivity contribution in [3.8, 4) is 0 Å². The standard InChI is InChI=1S/C39H47Cl2N3O4S/c1-3-4-17-42-38(46)36(21-27-9-6-5-7-10-27)43(25-33-34(40)11-8-12-35(33)41)37(45)26-44(49(2,47)48)32-15-13-31(14-16-32)39-22-28-18-29(23-39)20-30(19-28)24-39/h5-16,28-30,36H,3-4,17-26H2,1-2H3,(H,42,46)/t28?,29?,30?,36-,39?/m0/s1. The second kappa shape index (κ2) is 15.0. The number of rotatable bonds is 14. The second-order valence-electron chi connectivity index (χ2n) is 14.6. The van der Waals surface area contributed by atoms with Crippen LogP contribution in [0.15, 0.2) is 72.8 Å². The Balaban J connectivity index is 1.32. The monoisotopic (exact) mass is 723 g/mol. The summed E-state index contributed by atoms with van der Waals surface area (Å²) in [5.74, 6) is 1.52. The van der Waals surface area contributed by atoms with Gasteiger partial charge in [-0.15, -0.1) is 0 Å². The Morgan fingerprint density at radius 3 is 2.02 bits per heavy atom. The number of hydrogen-bond donors (Lipinski definition) is 1. The first-order valence-corrected chi connectivity index (χ1v) is 20.2. The molecule has 49 heavy (non-hydrogen) atoms. The molecule has 3 aromatic rings. The molecule has 0 aliphatic heterocycles. The van der Waals surface area contributed by atoms with Gasteiger partial charge in [0.15, 0.2) is 0 Å². The molecule has 3 aromatic carbocycles. The maximum atomic E-state index is 14.5. The van der Waals surface area contributed by atoms with Gasteiger partial charge in [-0.05, 0) is 104 Å². The van der Waals surface area contributed by atoms with Crippen LogP contribution in [0, 0.1) is 17.8 Å². The van der Waals surface area contributed by atoms with E-state index < -0.39 is 28.5 Å². The van der Waals surface area contributed by atoms with Crippen LogP contribution in [0.3, 0.4) is 0 Å². The topological polar surface area (TPSA) is 86.8 Å². The molecule has 0 heterocycles. The van der Waals surface area contributed by atoms with E-state index in [-0.39, 0.29) is 24.3 Å². The highest BCUT2D eigenvalue weighted by atomic mass is 35.5. The summed E-state index contributed by atoms with van der Waals surface area (Å²) in [5, 5.41) is 3.71. The van der Waals surface area contributed by atoms with Crippen LogP contribution in [-0.4, -0.2) is 50.5 Å². The van der Waals surface area contributed by atoms with Crippen LogP contribution < -0.4 is 9.62 Å². The van der Waals surface area contributed by atoms with Crippen molar-refractivity contribution in [3.63, 3.8) is 0 Å². The van der Waals surface area contributed by atoms with Crippen LogP contribution in [0.25, 0.3) is 0 Å². The van der Waals surface area contributed by atoms with Gasteiger partial charge >= 0.3 is 0 Å². The van der Waals surface area contributed by atoms with E-state index in [1.54, 1.807) is 18.2 Å². The molecule has 4 aliphatic rings. The highest BCUT2D eigenvalue weighted by molar-refractivity contribution is 7.92. The predicted molar refractivity (Wildman–Crippen MR) is 197 cm³/mol. The highest BCUT2D eigenvalue weighted by Crippen LogP contribution is 2.60. The number of halogens is 2. The summed E-state index contributed by atoms with van der Waals surface area (Å²) >= 11 is 13.2. The van der Waals surface area contributed by atoms with Crippen molar-refractivity contribution < 1.29 is 18.0 Å². The van der Waals surface area contributed by atoms with E-state index in [1.165, 1.54) is 49.0 Å². The zero-order valence-electron chi connectivity index (χ0n) is 28.4. The summed E-state index contributed by atoms with van der Waals surface area (Å²) in [4.78, 5) is 29.8. The van der Waals surface area contributed by atoms with Gasteiger partial charge < -0.3 is 10.2 Å². The normalized spacial score (nSPS) is 23.2. The van der Waals surface area contributed by atoms with Crippen LogP contribution >= 0.6 is 23.2 Å². The lowest BCUT2D eigenvalue weighted by Crippen LogP contribution is -2.53. The van der Waals surface area contributed by atoms with E-state index >= 15 is 0 Å². The van der Waals surface area contributed by atoms with Crippen molar-refractivity contribution in [2.45, 2.75) is 82.7 Å². The van der Waals surface area contributed by atoms with Crippen molar-refractivity contribution >= 4 is 50.7 Å². The number of hydrogen-bond acceptors (Lipinski definition) is 4. The van der Waals surface area contributed by atoms with Gasteiger partial charge in [-0.3, -0.25) is 13.9 Å². The Hall–Kier alpha value is -3.07. The fourth-order valence-electron chi connectivity index (χ4n) is 8.97. The SMILES string of the molecule is CCCCNC(=O)[C@H](Cc1ccccc1)N(Cc1c(Cl)cccc1Cl)C(=O)CN(c1ccc(C23CC4CC(CC(C4)C2)C3)cc1)S(C)(=O)=O. The average Bonchev–Trinajstić information content (AvgIpc) is 3.06. The lowest BCUT2D eigenvalue weighted by atomic mass is 9.48. The quantitative estimate of drug-likeness (QED) is 0.172. The Bertz CT molecular complexity index is 1690. The molecule has 4 bridgehead atoms. The molecule has 0 spiro atoms. The number of amides is 2. The van der Waals surface area contributed by atoms with Gasteiger partial charge in [0, 0.05) is 35.1 Å². The molecule has 262 valence electrons. The molecular weight excluding hydrogens is 677 g/mol. The molecule has 0 radical (unpaired) electrons. The van der Waals surface area contributed by atoms with Gasteiger partial charge in [-0.2, -0.15) is 0 Å². The fourth-order valence-corrected chi connectivity index (χ4v) is 10.3. The summed E-state index contributed by atoms with van der Waals surface area (Å²) in [6.45, 7) is 1.95. The number of carbonyl (C=O) groups excluding carboxylic acids is 2. The van der Waals surface area contributed by atoms with Crippen molar-refractivity contribution in [1.29, 1.82) is 0 Å². The van der Waals surface area contributed by atoms with Crippen molar-refractivity contribution in [3.05, 3.63) is 99.5 Å². The minimum Gasteiger partial charge on any atom is -0.354 e. The molecule has 2 amide bonds. The largest absolute Gasteiger partial charge is 0.354 e. The molecule has 1 atom stereocenters. The first kappa shape index (κ1) is 35.7. The third kappa shape index (κ3) is 8.13. The number of carbonyl (C=O) groups is 2. The van der Waals surface area contributed by atoms with E-state index in [1.807, 2.05) is 49.4 Å². The van der Waals surface area contributed by atoms with Crippen LogP contribution in [0.5, 0.6) is 0 Å². The molecule has 10 heteroatoms. The number of sulfonamides is 1. The summed E-state index contributed by atoms with van der Waals surface area (Å²) in [6.07, 6.45) is 10.7. The Morgan fingerprint density at radius 2 is 1.47 bits per heavy atom. The molecule has 7 rings (SSSR count). The highest BCUT2D eigenvalue weighted by Gasteiger charge is 2.51. The Morgan fingerprint density at radius 1 is 0.878 bits per heavy atom. The third-order valence-corrected chi connectivity index (χ3v) is 12.8. The fraction of sp³-hybridized carbons (Fsp3) is 0.487. The van der Waals surface area contributed by atoms with Crippen LogP contribution in [-0.2, 0) is 38.0 Å². The summed E-state index contributed by atoms with van der Waals surface area (Å²) in [5.41, 5.74) is 3.22. The van der Waals surface area contributed by atoms with E-state index in [0.29, 0.717) is 27.8 Å². The molecule has 1 N–H and O–H groups in total. The number of benzene rings is 3. The molecule has 0 unspecified atom stereocenters. The molecule has 4 saturated carbocycles. The molecule has 0 aromatic heterocycles. The van der Waals surface area contributed by atoms with Gasteiger partial charge in [0.05, 0.1) is 11.9 Å². The van der Waals surface area contributed by atoms with E-state index in [2.05, 4.69) is 17.4 Å². The van der Waals surface area contributed by atoms with E-state index in [0.717, 1.165) is 46.7 Å². The minimum absolute atomic E-state index is 0.0708. The average molecular weight is 725 g/mol. The first-order chi connectivity index (χ1) is 23.5. The molecule has 4 fully saturated rings. The van der Waals surface area contributed by atoms with E-state index in [4.69, 9.17) is 23.2 Å². The lowest BCUT2D eigenvalue weighted by molar-refractivity contribution is -0.140.